The number of benzene rings is 3. The van der Waals surface area contributed by atoms with Crippen LogP contribution in [-0.2, 0) is 9.96 Å². The van der Waals surface area contributed by atoms with Crippen LogP contribution in [0.2, 0.25) is 5.04 Å². The summed E-state index contributed by atoms with van der Waals surface area (Å²) in [5.74, 6) is 0. The molecule has 0 spiro atoms. The minimum atomic E-state index is -2.64. The predicted molar refractivity (Wildman–Crippen MR) is 126 cm³/mol. The molecule has 29 heavy (non-hydrogen) atoms. The summed E-state index contributed by atoms with van der Waals surface area (Å²) in [6, 6.07) is 31.3. The number of rotatable bonds is 7. The SMILES string of the molecule is C=C[C@@](N)(CO[Si](c1ccccc1)(c1ccccc1)C(C)(C)C)c1ccccc1. The topological polar surface area (TPSA) is 35.2 Å². The molecule has 0 amide bonds. The van der Waals surface area contributed by atoms with Crippen LogP contribution in [-0.4, -0.2) is 14.9 Å². The van der Waals surface area contributed by atoms with Crippen LogP contribution in [0.1, 0.15) is 26.3 Å². The van der Waals surface area contributed by atoms with E-state index in [4.69, 9.17) is 10.2 Å². The van der Waals surface area contributed by atoms with Crippen molar-refractivity contribution >= 4 is 18.7 Å². The van der Waals surface area contributed by atoms with Crippen LogP contribution >= 0.6 is 0 Å². The molecular weight excluding hydrogens is 370 g/mol. The van der Waals surface area contributed by atoms with Gasteiger partial charge in [0.15, 0.2) is 0 Å². The number of hydrogen-bond donors (Lipinski definition) is 1. The normalized spacial score (nSPS) is 14.2. The van der Waals surface area contributed by atoms with Crippen molar-refractivity contribution in [1.82, 2.24) is 0 Å². The maximum absolute atomic E-state index is 7.02. The highest BCUT2D eigenvalue weighted by Gasteiger charge is 2.51. The van der Waals surface area contributed by atoms with Crippen LogP contribution in [0.4, 0.5) is 0 Å². The van der Waals surface area contributed by atoms with Gasteiger partial charge in [-0.25, -0.2) is 0 Å². The van der Waals surface area contributed by atoms with E-state index in [9.17, 15) is 0 Å². The van der Waals surface area contributed by atoms with Crippen molar-refractivity contribution in [3.05, 3.63) is 109 Å². The fourth-order valence-electron chi connectivity index (χ4n) is 4.00. The van der Waals surface area contributed by atoms with E-state index in [1.165, 1.54) is 10.4 Å². The molecule has 0 saturated heterocycles. The Hall–Kier alpha value is -2.46. The molecule has 0 aromatic heterocycles. The van der Waals surface area contributed by atoms with Gasteiger partial charge in [0, 0.05) is 0 Å². The average Bonchev–Trinajstić information content (AvgIpc) is 2.75. The Morgan fingerprint density at radius 2 is 1.21 bits per heavy atom. The summed E-state index contributed by atoms with van der Waals surface area (Å²) >= 11 is 0. The first-order valence-corrected chi connectivity index (χ1v) is 12.0. The second kappa shape index (κ2) is 8.50. The van der Waals surface area contributed by atoms with Crippen LogP contribution in [0.5, 0.6) is 0 Å². The second-order valence-electron chi connectivity index (χ2n) is 8.56. The summed E-state index contributed by atoms with van der Waals surface area (Å²) in [4.78, 5) is 0. The third-order valence-corrected chi connectivity index (χ3v) is 10.6. The lowest BCUT2D eigenvalue weighted by molar-refractivity contribution is 0.237. The lowest BCUT2D eigenvalue weighted by atomic mass is 9.92. The Morgan fingerprint density at radius 1 is 0.793 bits per heavy atom. The van der Waals surface area contributed by atoms with Crippen molar-refractivity contribution in [1.29, 1.82) is 0 Å². The van der Waals surface area contributed by atoms with Crippen molar-refractivity contribution in [2.24, 2.45) is 5.73 Å². The van der Waals surface area contributed by atoms with E-state index in [-0.39, 0.29) is 5.04 Å². The van der Waals surface area contributed by atoms with E-state index in [0.717, 1.165) is 5.56 Å². The molecule has 0 unspecified atom stereocenters. The highest BCUT2D eigenvalue weighted by Crippen LogP contribution is 2.37. The Bertz CT molecular complexity index is 880. The van der Waals surface area contributed by atoms with E-state index in [0.29, 0.717) is 6.61 Å². The predicted octanol–water partition coefficient (Wildman–Crippen LogP) is 4.60. The highest BCUT2D eigenvalue weighted by atomic mass is 28.4. The lowest BCUT2D eigenvalue weighted by Gasteiger charge is -2.44. The second-order valence-corrected chi connectivity index (χ2v) is 12.9. The fourth-order valence-corrected chi connectivity index (χ4v) is 8.61. The van der Waals surface area contributed by atoms with Crippen LogP contribution < -0.4 is 16.1 Å². The summed E-state index contributed by atoms with van der Waals surface area (Å²) in [5, 5.41) is 2.41. The molecule has 3 heteroatoms. The molecule has 3 aromatic carbocycles. The minimum absolute atomic E-state index is 0.0888. The first-order chi connectivity index (χ1) is 13.8. The molecular formula is C26H31NOSi. The molecule has 3 aromatic rings. The third kappa shape index (κ3) is 4.13. The number of hydrogen-bond acceptors (Lipinski definition) is 2. The van der Waals surface area contributed by atoms with E-state index < -0.39 is 13.9 Å². The molecule has 150 valence electrons. The minimum Gasteiger partial charge on any atom is -0.405 e. The zero-order valence-electron chi connectivity index (χ0n) is 17.6. The van der Waals surface area contributed by atoms with Gasteiger partial charge in [0.25, 0.3) is 8.32 Å². The molecule has 0 heterocycles. The Labute approximate surface area is 176 Å². The van der Waals surface area contributed by atoms with Gasteiger partial charge in [-0.3, -0.25) is 0 Å². The summed E-state index contributed by atoms with van der Waals surface area (Å²) < 4.78 is 7.02. The third-order valence-electron chi connectivity index (χ3n) is 5.62. The van der Waals surface area contributed by atoms with Crippen LogP contribution in [0.25, 0.3) is 0 Å². The van der Waals surface area contributed by atoms with E-state index in [2.05, 4.69) is 88.0 Å². The molecule has 0 aliphatic heterocycles. The quantitative estimate of drug-likeness (QED) is 0.464. The standard InChI is InChI=1S/C26H31NOSi/c1-5-26(27,22-15-9-6-10-16-22)21-28-29(25(2,3)4,23-17-11-7-12-18-23)24-19-13-8-14-20-24/h5-20H,1,21,27H2,2-4H3/t26-/m1/s1. The zero-order valence-corrected chi connectivity index (χ0v) is 18.6. The van der Waals surface area contributed by atoms with Gasteiger partial charge in [-0.05, 0) is 21.0 Å². The summed E-state index contributed by atoms with van der Waals surface area (Å²) in [7, 11) is -2.64. The highest BCUT2D eigenvalue weighted by molar-refractivity contribution is 6.99. The van der Waals surface area contributed by atoms with Crippen LogP contribution in [0, 0.1) is 0 Å². The van der Waals surface area contributed by atoms with Crippen molar-refractivity contribution < 1.29 is 4.43 Å². The molecule has 2 N–H and O–H groups in total. The van der Waals surface area contributed by atoms with Crippen molar-refractivity contribution in [2.75, 3.05) is 6.61 Å². The summed E-state index contributed by atoms with van der Waals surface area (Å²) in [6.07, 6.45) is 1.81. The van der Waals surface area contributed by atoms with Crippen LogP contribution in [0.15, 0.2) is 104 Å². The van der Waals surface area contributed by atoms with Gasteiger partial charge in [0.1, 0.15) is 0 Å². The molecule has 2 nitrogen and oxygen atoms in total. The first-order valence-electron chi connectivity index (χ1n) is 10.1. The van der Waals surface area contributed by atoms with Gasteiger partial charge in [0.05, 0.1) is 12.1 Å². The molecule has 0 saturated carbocycles. The smallest absolute Gasteiger partial charge is 0.261 e. The van der Waals surface area contributed by atoms with Gasteiger partial charge in [-0.1, -0.05) is 118 Å². The van der Waals surface area contributed by atoms with E-state index >= 15 is 0 Å². The molecule has 0 aliphatic rings. The molecule has 3 rings (SSSR count). The maximum atomic E-state index is 7.02. The van der Waals surface area contributed by atoms with Gasteiger partial charge in [-0.2, -0.15) is 0 Å². The fraction of sp³-hybridized carbons (Fsp3) is 0.231. The molecule has 1 atom stereocenters. The Morgan fingerprint density at radius 3 is 1.59 bits per heavy atom. The van der Waals surface area contributed by atoms with Gasteiger partial charge >= 0.3 is 0 Å². The van der Waals surface area contributed by atoms with Gasteiger partial charge in [-0.15, -0.1) is 6.58 Å². The Kier molecular flexibility index (Phi) is 6.23. The lowest BCUT2D eigenvalue weighted by Crippen LogP contribution is -2.67. The molecule has 0 bridgehead atoms. The Balaban J connectivity index is 2.12. The molecule has 0 fully saturated rings. The first kappa shape index (κ1) is 21.3. The molecule has 0 aliphatic carbocycles. The van der Waals surface area contributed by atoms with E-state index in [1.54, 1.807) is 6.08 Å². The average molecular weight is 402 g/mol. The van der Waals surface area contributed by atoms with Crippen molar-refractivity contribution in [2.45, 2.75) is 31.3 Å². The summed E-state index contributed by atoms with van der Waals surface area (Å²) in [5.41, 5.74) is 7.06. The largest absolute Gasteiger partial charge is 0.405 e. The van der Waals surface area contributed by atoms with Gasteiger partial charge < -0.3 is 10.2 Å². The van der Waals surface area contributed by atoms with Crippen molar-refractivity contribution in [3.63, 3.8) is 0 Å². The molecule has 0 radical (unpaired) electrons. The monoisotopic (exact) mass is 401 g/mol. The summed E-state index contributed by atoms with van der Waals surface area (Å²) in [6.45, 7) is 11.2. The van der Waals surface area contributed by atoms with E-state index in [1.807, 2.05) is 30.3 Å². The van der Waals surface area contributed by atoms with Crippen LogP contribution in [0.3, 0.4) is 0 Å². The number of nitrogens with two attached hydrogens (primary N) is 1. The zero-order chi connectivity index (χ0) is 21.0. The van der Waals surface area contributed by atoms with Crippen molar-refractivity contribution in [3.8, 4) is 0 Å². The van der Waals surface area contributed by atoms with Gasteiger partial charge in [0.2, 0.25) is 0 Å². The maximum Gasteiger partial charge on any atom is 0.261 e.